The maximum absolute atomic E-state index is 5.60. The summed E-state index contributed by atoms with van der Waals surface area (Å²) in [6.45, 7) is 8.37. The van der Waals surface area contributed by atoms with E-state index in [1.165, 1.54) is 4.50 Å². The van der Waals surface area contributed by atoms with E-state index in [9.17, 15) is 0 Å². The number of hydrogen-bond acceptors (Lipinski definition) is 2. The molecule has 1 heterocycles. The Labute approximate surface area is 76.5 Å². The van der Waals surface area contributed by atoms with Crippen molar-refractivity contribution in [2.75, 3.05) is 13.1 Å². The molecule has 0 spiro atoms. The van der Waals surface area contributed by atoms with Crippen LogP contribution in [0.1, 0.15) is 20.8 Å². The predicted octanol–water partition coefficient (Wildman–Crippen LogP) is 0.792. The average Bonchev–Trinajstić information content (AvgIpc) is 1.85. The van der Waals surface area contributed by atoms with Crippen LogP contribution in [-0.2, 0) is 20.6 Å². The Morgan fingerprint density at radius 2 is 1.82 bits per heavy atom. The summed E-state index contributed by atoms with van der Waals surface area (Å²) in [7, 11) is 0. The van der Waals surface area contributed by atoms with E-state index in [0.717, 1.165) is 13.1 Å². The molecular weight excluding hydrogens is 178 g/mol. The van der Waals surface area contributed by atoms with Crippen LogP contribution in [0.4, 0.5) is 0 Å². The van der Waals surface area contributed by atoms with Gasteiger partial charge in [-0.15, -0.1) is 0 Å². The topological polar surface area (TPSA) is 12.5 Å². The normalized spacial score (nSPS) is 33.7. The van der Waals surface area contributed by atoms with Crippen LogP contribution >= 0.6 is 0 Å². The van der Waals surface area contributed by atoms with Crippen LogP contribution in [0.5, 0.6) is 0 Å². The zero-order valence-electron chi connectivity index (χ0n) is 7.33. The van der Waals surface area contributed by atoms with Gasteiger partial charge in [-0.2, -0.15) is 0 Å². The van der Waals surface area contributed by atoms with Crippen LogP contribution in [0.15, 0.2) is 0 Å². The molecule has 0 N–H and O–H groups in total. The third-order valence-electron chi connectivity index (χ3n) is 1.86. The first-order valence-electron chi connectivity index (χ1n) is 4.00. The van der Waals surface area contributed by atoms with Crippen LogP contribution in [0.3, 0.4) is 0 Å². The molecule has 64 valence electrons. The summed E-state index contributed by atoms with van der Waals surface area (Å²) in [4.78, 5) is 2.33. The van der Waals surface area contributed by atoms with E-state index in [4.69, 9.17) is 4.74 Å². The van der Waals surface area contributed by atoms with Crippen LogP contribution in [0, 0.1) is 0 Å². The molecule has 0 aromatic heterocycles. The molecule has 0 saturated carbocycles. The van der Waals surface area contributed by atoms with Crippen molar-refractivity contribution < 1.29 is 20.6 Å². The van der Waals surface area contributed by atoms with Gasteiger partial charge >= 0.3 is 76.1 Å². The Bertz CT molecular complexity index is 150. The molecule has 0 aromatic rings. The van der Waals surface area contributed by atoms with Gasteiger partial charge in [-0.25, -0.2) is 0 Å². The van der Waals surface area contributed by atoms with Crippen LogP contribution in [0.25, 0.3) is 0 Å². The average molecular weight is 193 g/mol. The molecule has 11 heavy (non-hydrogen) atoms. The summed E-state index contributed by atoms with van der Waals surface area (Å²) < 4.78 is 6.87. The number of rotatable bonds is 1. The molecular formula is C8H15CrNO. The Hall–Kier alpha value is 0.322. The summed E-state index contributed by atoms with van der Waals surface area (Å²) in [5.74, 6) is 0. The Balaban J connectivity index is 2.49. The molecule has 3 heteroatoms. The number of hydrogen-bond donors (Lipinski definition) is 0. The van der Waals surface area contributed by atoms with Gasteiger partial charge in [-0.05, 0) is 0 Å². The molecule has 2 atom stereocenters. The molecule has 1 aliphatic rings. The van der Waals surface area contributed by atoms with Crippen molar-refractivity contribution >= 4 is 4.50 Å². The fourth-order valence-corrected chi connectivity index (χ4v) is 1.67. The zero-order chi connectivity index (χ0) is 8.43. The summed E-state index contributed by atoms with van der Waals surface area (Å²) in [6.07, 6.45) is 0.726. The van der Waals surface area contributed by atoms with Crippen LogP contribution < -0.4 is 0 Å². The summed E-state index contributed by atoms with van der Waals surface area (Å²) in [5.41, 5.74) is 0. The molecule has 0 bridgehead atoms. The monoisotopic (exact) mass is 193 g/mol. The van der Waals surface area contributed by atoms with Crippen LogP contribution in [-0.4, -0.2) is 34.7 Å². The fraction of sp³-hybridized carbons (Fsp3) is 0.875. The van der Waals surface area contributed by atoms with Crippen molar-refractivity contribution in [3.05, 3.63) is 0 Å². The Kier molecular flexibility index (Phi) is 3.27. The van der Waals surface area contributed by atoms with E-state index >= 15 is 0 Å². The third kappa shape index (κ3) is 2.68. The van der Waals surface area contributed by atoms with E-state index in [1.54, 1.807) is 0 Å². The van der Waals surface area contributed by atoms with Gasteiger partial charge in [0.25, 0.3) is 0 Å². The Morgan fingerprint density at radius 3 is 2.18 bits per heavy atom. The van der Waals surface area contributed by atoms with Gasteiger partial charge in [0.05, 0.1) is 0 Å². The first kappa shape index (κ1) is 9.41. The van der Waals surface area contributed by atoms with E-state index in [-0.39, 0.29) is 0 Å². The zero-order valence-corrected chi connectivity index (χ0v) is 8.61. The van der Waals surface area contributed by atoms with E-state index < -0.39 is 0 Å². The minimum atomic E-state index is 0.363. The van der Waals surface area contributed by atoms with Gasteiger partial charge in [0.2, 0.25) is 0 Å². The van der Waals surface area contributed by atoms with Gasteiger partial charge in [-0.3, -0.25) is 0 Å². The van der Waals surface area contributed by atoms with Gasteiger partial charge in [-0.1, -0.05) is 0 Å². The van der Waals surface area contributed by atoms with E-state index in [2.05, 4.69) is 41.5 Å². The SMILES string of the molecule is C[C](=[Cr])N1C[C@@H](C)O[C@H](C)C1. The van der Waals surface area contributed by atoms with Gasteiger partial charge in [0.1, 0.15) is 0 Å². The van der Waals surface area contributed by atoms with E-state index in [1.807, 2.05) is 0 Å². The molecule has 0 radical (unpaired) electrons. The van der Waals surface area contributed by atoms with Gasteiger partial charge in [0.15, 0.2) is 0 Å². The molecule has 0 amide bonds. The molecule has 2 nitrogen and oxygen atoms in total. The van der Waals surface area contributed by atoms with Gasteiger partial charge in [0, 0.05) is 0 Å². The number of morpholine rings is 1. The van der Waals surface area contributed by atoms with Crippen molar-refractivity contribution in [3.8, 4) is 0 Å². The molecule has 1 fully saturated rings. The second kappa shape index (κ2) is 3.82. The minimum absolute atomic E-state index is 0.363. The summed E-state index contributed by atoms with van der Waals surface area (Å²) >= 11 is 3.04. The quantitative estimate of drug-likeness (QED) is 0.610. The van der Waals surface area contributed by atoms with Crippen LogP contribution in [0.2, 0.25) is 0 Å². The predicted molar refractivity (Wildman–Crippen MR) is 42.3 cm³/mol. The second-order valence-corrected chi connectivity index (χ2v) is 4.10. The first-order valence-corrected chi connectivity index (χ1v) is 4.64. The maximum atomic E-state index is 5.60. The first-order chi connectivity index (χ1) is 5.09. The molecule has 0 aromatic carbocycles. The number of nitrogens with zero attached hydrogens (tertiary/aromatic N) is 1. The van der Waals surface area contributed by atoms with E-state index in [0.29, 0.717) is 12.2 Å². The van der Waals surface area contributed by atoms with Crippen molar-refractivity contribution in [1.82, 2.24) is 4.90 Å². The van der Waals surface area contributed by atoms with Crippen molar-refractivity contribution in [1.29, 1.82) is 0 Å². The molecule has 1 aliphatic heterocycles. The Morgan fingerprint density at radius 1 is 1.36 bits per heavy atom. The second-order valence-electron chi connectivity index (χ2n) is 3.18. The summed E-state index contributed by atoms with van der Waals surface area (Å²) in [6, 6.07) is 0. The fourth-order valence-electron chi connectivity index (χ4n) is 1.44. The molecule has 0 aliphatic carbocycles. The number of ether oxygens (including phenoxy) is 1. The third-order valence-corrected chi connectivity index (χ3v) is 2.27. The summed E-state index contributed by atoms with van der Waals surface area (Å²) in [5, 5.41) is 0. The molecule has 1 rings (SSSR count). The van der Waals surface area contributed by atoms with Crippen molar-refractivity contribution in [2.24, 2.45) is 0 Å². The van der Waals surface area contributed by atoms with Gasteiger partial charge < -0.3 is 0 Å². The van der Waals surface area contributed by atoms with Crippen molar-refractivity contribution in [2.45, 2.75) is 33.0 Å². The standard InChI is InChI=1S/C8H15NO.Cr/c1-4-9-5-7(2)10-8(3)6-9;/h7-8H,5-6H2,1-3H3;/t7-,8-;/m1./s1. The molecule has 1 saturated heterocycles. The van der Waals surface area contributed by atoms with Crippen molar-refractivity contribution in [3.63, 3.8) is 0 Å². The molecule has 0 unspecified atom stereocenters.